The van der Waals surface area contributed by atoms with Crippen molar-refractivity contribution in [2.45, 2.75) is 26.2 Å². The van der Waals surface area contributed by atoms with Crippen LogP contribution in [0, 0.1) is 0 Å². The fourth-order valence-electron chi connectivity index (χ4n) is 1.39. The fourth-order valence-corrected chi connectivity index (χ4v) is 1.39. The second kappa shape index (κ2) is 7.99. The van der Waals surface area contributed by atoms with Gasteiger partial charge in [0.1, 0.15) is 5.75 Å². The number of aromatic hydroxyl groups is 1. The van der Waals surface area contributed by atoms with Gasteiger partial charge in [-0.15, -0.1) is 0 Å². The molecule has 3 heteroatoms. The minimum absolute atomic E-state index is 0.304. The summed E-state index contributed by atoms with van der Waals surface area (Å²) in [6.45, 7) is 4.78. The molecule has 16 heavy (non-hydrogen) atoms. The van der Waals surface area contributed by atoms with Crippen LogP contribution in [0.5, 0.6) is 5.75 Å². The van der Waals surface area contributed by atoms with Crippen molar-refractivity contribution in [3.63, 3.8) is 0 Å². The third kappa shape index (κ3) is 5.61. The van der Waals surface area contributed by atoms with Crippen molar-refractivity contribution in [3.8, 4) is 5.75 Å². The summed E-state index contributed by atoms with van der Waals surface area (Å²) in [5, 5.41) is 12.4. The summed E-state index contributed by atoms with van der Waals surface area (Å²) in [5.41, 5.74) is 1.05. The molecule has 90 valence electrons. The summed E-state index contributed by atoms with van der Waals surface area (Å²) in [6.07, 6.45) is 3.28. The van der Waals surface area contributed by atoms with Crippen LogP contribution in [0.4, 0.5) is 5.69 Å². The minimum Gasteiger partial charge on any atom is -0.508 e. The smallest absolute Gasteiger partial charge is 0.115 e. The number of unbranched alkanes of at least 4 members (excludes halogenated alkanes) is 1. The highest BCUT2D eigenvalue weighted by Gasteiger charge is 1.92. The molecule has 2 N–H and O–H groups in total. The largest absolute Gasteiger partial charge is 0.508 e. The standard InChI is InChI=1S/C13H21NO2/c1-2-10-16-11-4-3-9-14-12-5-7-13(15)8-6-12/h5-8,14-15H,2-4,9-11H2,1H3. The van der Waals surface area contributed by atoms with E-state index in [0.717, 1.165) is 44.7 Å². The Labute approximate surface area is 97.4 Å². The van der Waals surface area contributed by atoms with Crippen molar-refractivity contribution in [2.75, 3.05) is 25.1 Å². The Kier molecular flexibility index (Phi) is 6.42. The first-order valence-electron chi connectivity index (χ1n) is 5.93. The third-order valence-corrected chi connectivity index (χ3v) is 2.26. The number of phenolic OH excluding ortho intramolecular Hbond substituents is 1. The number of phenols is 1. The molecule has 1 aromatic carbocycles. The van der Waals surface area contributed by atoms with Crippen LogP contribution in [0.25, 0.3) is 0 Å². The molecule has 0 spiro atoms. The van der Waals surface area contributed by atoms with Gasteiger partial charge in [0.25, 0.3) is 0 Å². The molecular weight excluding hydrogens is 202 g/mol. The molecule has 0 heterocycles. The third-order valence-electron chi connectivity index (χ3n) is 2.26. The van der Waals surface area contributed by atoms with Crippen LogP contribution in [0.3, 0.4) is 0 Å². The Bertz CT molecular complexity index is 272. The van der Waals surface area contributed by atoms with Crippen LogP contribution in [0.2, 0.25) is 0 Å². The molecule has 0 radical (unpaired) electrons. The van der Waals surface area contributed by atoms with Crippen molar-refractivity contribution in [1.29, 1.82) is 0 Å². The van der Waals surface area contributed by atoms with Gasteiger partial charge in [-0.2, -0.15) is 0 Å². The molecule has 0 saturated carbocycles. The number of hydrogen-bond donors (Lipinski definition) is 2. The van der Waals surface area contributed by atoms with E-state index in [4.69, 9.17) is 9.84 Å². The lowest BCUT2D eigenvalue weighted by Gasteiger charge is -2.06. The number of anilines is 1. The van der Waals surface area contributed by atoms with E-state index in [1.807, 2.05) is 12.1 Å². The van der Waals surface area contributed by atoms with Crippen LogP contribution in [0.1, 0.15) is 26.2 Å². The predicted octanol–water partition coefficient (Wildman–Crippen LogP) is 3.01. The minimum atomic E-state index is 0.304. The lowest BCUT2D eigenvalue weighted by molar-refractivity contribution is 0.131. The van der Waals surface area contributed by atoms with Gasteiger partial charge < -0.3 is 15.2 Å². The Morgan fingerprint density at radius 2 is 1.88 bits per heavy atom. The highest BCUT2D eigenvalue weighted by molar-refractivity contribution is 5.45. The topological polar surface area (TPSA) is 41.5 Å². The summed E-state index contributed by atoms with van der Waals surface area (Å²) in [7, 11) is 0. The number of rotatable bonds is 8. The van der Waals surface area contributed by atoms with Crippen LogP contribution in [-0.4, -0.2) is 24.9 Å². The van der Waals surface area contributed by atoms with Crippen molar-refractivity contribution in [1.82, 2.24) is 0 Å². The van der Waals surface area contributed by atoms with Crippen molar-refractivity contribution >= 4 is 5.69 Å². The molecule has 0 aliphatic rings. The first-order valence-corrected chi connectivity index (χ1v) is 5.93. The molecule has 1 aromatic rings. The first-order chi connectivity index (χ1) is 7.83. The molecule has 0 aliphatic carbocycles. The molecule has 3 nitrogen and oxygen atoms in total. The van der Waals surface area contributed by atoms with E-state index in [2.05, 4.69) is 12.2 Å². The predicted molar refractivity (Wildman–Crippen MR) is 66.9 cm³/mol. The van der Waals surface area contributed by atoms with Crippen LogP contribution >= 0.6 is 0 Å². The SMILES string of the molecule is CCCOCCCCNc1ccc(O)cc1. The zero-order valence-corrected chi connectivity index (χ0v) is 9.91. The molecule has 0 atom stereocenters. The number of benzene rings is 1. The van der Waals surface area contributed by atoms with Crippen LogP contribution < -0.4 is 5.32 Å². The summed E-state index contributed by atoms with van der Waals surface area (Å²) < 4.78 is 5.39. The zero-order chi connectivity index (χ0) is 11.6. The van der Waals surface area contributed by atoms with Crippen molar-refractivity contribution in [3.05, 3.63) is 24.3 Å². The normalized spacial score (nSPS) is 10.3. The second-order valence-electron chi connectivity index (χ2n) is 3.79. The second-order valence-corrected chi connectivity index (χ2v) is 3.79. The molecule has 0 unspecified atom stereocenters. The first kappa shape index (κ1) is 12.8. The van der Waals surface area contributed by atoms with E-state index in [1.165, 1.54) is 0 Å². The van der Waals surface area contributed by atoms with E-state index in [-0.39, 0.29) is 0 Å². The average Bonchev–Trinajstić information content (AvgIpc) is 2.30. The van der Waals surface area contributed by atoms with Gasteiger partial charge in [0.2, 0.25) is 0 Å². The van der Waals surface area contributed by atoms with Gasteiger partial charge in [0.15, 0.2) is 0 Å². The lowest BCUT2D eigenvalue weighted by Crippen LogP contribution is -2.03. The Morgan fingerprint density at radius 3 is 2.56 bits per heavy atom. The molecular formula is C13H21NO2. The molecule has 0 bridgehead atoms. The zero-order valence-electron chi connectivity index (χ0n) is 9.91. The molecule has 0 fully saturated rings. The number of nitrogens with one attached hydrogen (secondary N) is 1. The molecule has 0 amide bonds. The molecule has 0 aliphatic heterocycles. The number of hydrogen-bond acceptors (Lipinski definition) is 3. The summed E-state index contributed by atoms with van der Waals surface area (Å²) in [5.74, 6) is 0.304. The van der Waals surface area contributed by atoms with Gasteiger partial charge in [-0.1, -0.05) is 6.92 Å². The van der Waals surface area contributed by atoms with Crippen molar-refractivity contribution in [2.24, 2.45) is 0 Å². The van der Waals surface area contributed by atoms with E-state index in [1.54, 1.807) is 12.1 Å². The molecule has 0 aromatic heterocycles. The van der Waals surface area contributed by atoms with Gasteiger partial charge in [-0.3, -0.25) is 0 Å². The summed E-state index contributed by atoms with van der Waals surface area (Å²) in [6, 6.07) is 7.13. The van der Waals surface area contributed by atoms with E-state index in [0.29, 0.717) is 5.75 Å². The van der Waals surface area contributed by atoms with Gasteiger partial charge in [-0.25, -0.2) is 0 Å². The van der Waals surface area contributed by atoms with Gasteiger partial charge >= 0.3 is 0 Å². The molecule has 0 saturated heterocycles. The van der Waals surface area contributed by atoms with Gasteiger partial charge in [-0.05, 0) is 43.5 Å². The average molecular weight is 223 g/mol. The summed E-state index contributed by atoms with van der Waals surface area (Å²) in [4.78, 5) is 0. The summed E-state index contributed by atoms with van der Waals surface area (Å²) >= 11 is 0. The van der Waals surface area contributed by atoms with Gasteiger partial charge in [0.05, 0.1) is 0 Å². The monoisotopic (exact) mass is 223 g/mol. The Morgan fingerprint density at radius 1 is 1.12 bits per heavy atom. The highest BCUT2D eigenvalue weighted by Crippen LogP contribution is 2.13. The van der Waals surface area contributed by atoms with E-state index in [9.17, 15) is 0 Å². The van der Waals surface area contributed by atoms with E-state index < -0.39 is 0 Å². The Balaban J connectivity index is 2.01. The Hall–Kier alpha value is -1.22. The fraction of sp³-hybridized carbons (Fsp3) is 0.538. The maximum Gasteiger partial charge on any atom is 0.115 e. The highest BCUT2D eigenvalue weighted by atomic mass is 16.5. The maximum absolute atomic E-state index is 9.10. The van der Waals surface area contributed by atoms with E-state index >= 15 is 0 Å². The quantitative estimate of drug-likeness (QED) is 0.526. The molecule has 1 rings (SSSR count). The van der Waals surface area contributed by atoms with Gasteiger partial charge in [0, 0.05) is 25.4 Å². The maximum atomic E-state index is 9.10. The van der Waals surface area contributed by atoms with Crippen LogP contribution in [-0.2, 0) is 4.74 Å². The van der Waals surface area contributed by atoms with Crippen LogP contribution in [0.15, 0.2) is 24.3 Å². The number of ether oxygens (including phenoxy) is 1. The lowest BCUT2D eigenvalue weighted by atomic mass is 10.3. The van der Waals surface area contributed by atoms with Crippen molar-refractivity contribution < 1.29 is 9.84 Å².